The molecule has 0 aliphatic heterocycles. The number of carbonyl (C=O) groups is 1. The summed E-state index contributed by atoms with van der Waals surface area (Å²) in [4.78, 5) is 16.9. The Bertz CT molecular complexity index is 1280. The zero-order valence-corrected chi connectivity index (χ0v) is 16.7. The van der Waals surface area contributed by atoms with Crippen molar-refractivity contribution in [2.75, 3.05) is 10.6 Å². The molecule has 0 atom stereocenters. The van der Waals surface area contributed by atoms with Crippen LogP contribution in [0, 0.1) is 11.6 Å². The van der Waals surface area contributed by atoms with Crippen LogP contribution in [0.25, 0.3) is 22.0 Å². The molecule has 1 aromatic heterocycles. The number of benzene rings is 3. The third-order valence-corrected chi connectivity index (χ3v) is 5.05. The van der Waals surface area contributed by atoms with Crippen molar-refractivity contribution in [3.8, 4) is 11.1 Å². The van der Waals surface area contributed by atoms with Gasteiger partial charge in [0.25, 0.3) is 0 Å². The Labute approximate surface area is 180 Å². The molecule has 0 radical (unpaired) electrons. The fraction of sp³-hybridized carbons (Fsp3) is 0. The van der Waals surface area contributed by atoms with Gasteiger partial charge in [0.05, 0.1) is 28.1 Å². The minimum Gasteiger partial charge on any atom is -0.306 e. The molecule has 0 spiro atoms. The molecule has 0 bridgehead atoms. The third kappa shape index (κ3) is 3.92. The van der Waals surface area contributed by atoms with Crippen molar-refractivity contribution in [1.29, 1.82) is 0 Å². The number of carbonyl (C=O) groups excluding carboxylic acids is 1. The Morgan fingerprint density at radius 2 is 1.60 bits per heavy atom. The molecule has 2 amide bonds. The fourth-order valence-electron chi connectivity index (χ4n) is 3.10. The van der Waals surface area contributed by atoms with Crippen molar-refractivity contribution in [2.45, 2.75) is 0 Å². The molecule has 3 aromatic carbocycles. The van der Waals surface area contributed by atoms with Gasteiger partial charge in [-0.25, -0.2) is 13.6 Å². The lowest BCUT2D eigenvalue weighted by Gasteiger charge is -2.16. The van der Waals surface area contributed by atoms with Crippen molar-refractivity contribution < 1.29 is 13.6 Å². The second kappa shape index (κ2) is 8.26. The van der Waals surface area contributed by atoms with Crippen LogP contribution in [0.15, 0.2) is 66.9 Å². The minimum atomic E-state index is -0.889. The normalized spacial score (nSPS) is 10.8. The van der Waals surface area contributed by atoms with E-state index in [-0.39, 0.29) is 5.69 Å². The lowest BCUT2D eigenvalue weighted by Crippen LogP contribution is -2.20. The number of nitrogens with zero attached hydrogens (tertiary/aromatic N) is 1. The Hall–Kier alpha value is -3.22. The van der Waals surface area contributed by atoms with Crippen LogP contribution in [0.2, 0.25) is 10.0 Å². The van der Waals surface area contributed by atoms with Gasteiger partial charge >= 0.3 is 6.03 Å². The van der Waals surface area contributed by atoms with Crippen LogP contribution in [0.5, 0.6) is 0 Å². The average molecular weight is 444 g/mol. The molecule has 0 saturated heterocycles. The molecular weight excluding hydrogens is 431 g/mol. The topological polar surface area (TPSA) is 54.0 Å². The second-order valence-corrected chi connectivity index (χ2v) is 7.18. The van der Waals surface area contributed by atoms with E-state index < -0.39 is 17.7 Å². The molecule has 0 unspecified atom stereocenters. The number of para-hydroxylation sites is 1. The number of anilines is 2. The smallest absolute Gasteiger partial charge is 0.306 e. The van der Waals surface area contributed by atoms with Crippen molar-refractivity contribution in [1.82, 2.24) is 4.98 Å². The molecule has 4 rings (SSSR count). The summed E-state index contributed by atoms with van der Waals surface area (Å²) >= 11 is 12.7. The van der Waals surface area contributed by atoms with E-state index in [0.29, 0.717) is 43.8 Å². The first-order valence-corrected chi connectivity index (χ1v) is 9.55. The number of pyridine rings is 1. The second-order valence-electron chi connectivity index (χ2n) is 6.37. The molecule has 0 aliphatic rings. The van der Waals surface area contributed by atoms with Crippen LogP contribution in [0.1, 0.15) is 0 Å². The van der Waals surface area contributed by atoms with Crippen LogP contribution in [0.3, 0.4) is 0 Å². The third-order valence-electron chi connectivity index (χ3n) is 4.42. The monoisotopic (exact) mass is 443 g/mol. The van der Waals surface area contributed by atoms with E-state index >= 15 is 0 Å². The van der Waals surface area contributed by atoms with E-state index in [4.69, 9.17) is 23.2 Å². The largest absolute Gasteiger partial charge is 0.323 e. The van der Waals surface area contributed by atoms with Crippen LogP contribution in [0.4, 0.5) is 25.0 Å². The number of rotatable bonds is 3. The highest BCUT2D eigenvalue weighted by Crippen LogP contribution is 2.39. The summed E-state index contributed by atoms with van der Waals surface area (Å²) in [6.07, 6.45) is 1.45. The van der Waals surface area contributed by atoms with Gasteiger partial charge < -0.3 is 10.6 Å². The fourth-order valence-corrected chi connectivity index (χ4v) is 3.56. The number of nitrogens with one attached hydrogen (secondary N) is 2. The zero-order chi connectivity index (χ0) is 21.3. The van der Waals surface area contributed by atoms with E-state index in [0.717, 1.165) is 12.1 Å². The standard InChI is InChI=1S/C22H13Cl2F2N3O/c23-15-6-2-1-4-13(15)20-14-5-3-7-16(24)21(14)27-11-19(20)29-22(30)28-18-9-8-12(25)10-17(18)26/h1-11H,(H2,28,29,30). The maximum Gasteiger partial charge on any atom is 0.323 e. The van der Waals surface area contributed by atoms with Crippen molar-refractivity contribution in [2.24, 2.45) is 0 Å². The minimum absolute atomic E-state index is 0.162. The quantitative estimate of drug-likeness (QED) is 0.353. The summed E-state index contributed by atoms with van der Waals surface area (Å²) in [5.74, 6) is -1.63. The number of amides is 2. The van der Waals surface area contributed by atoms with Crippen LogP contribution in [-0.2, 0) is 0 Å². The molecule has 30 heavy (non-hydrogen) atoms. The molecule has 8 heteroatoms. The molecule has 0 fully saturated rings. The first-order valence-electron chi connectivity index (χ1n) is 8.79. The van der Waals surface area contributed by atoms with E-state index in [1.807, 2.05) is 12.1 Å². The summed E-state index contributed by atoms with van der Waals surface area (Å²) in [5, 5.41) is 6.63. The predicted octanol–water partition coefficient (Wildman–Crippen LogP) is 7.13. The van der Waals surface area contributed by atoms with Gasteiger partial charge in [0.2, 0.25) is 0 Å². The lowest BCUT2D eigenvalue weighted by molar-refractivity contribution is 0.262. The maximum atomic E-state index is 13.9. The van der Waals surface area contributed by atoms with Gasteiger partial charge in [-0.3, -0.25) is 4.98 Å². The first-order chi connectivity index (χ1) is 14.4. The molecular formula is C22H13Cl2F2N3O. The zero-order valence-electron chi connectivity index (χ0n) is 15.2. The van der Waals surface area contributed by atoms with Gasteiger partial charge in [-0.15, -0.1) is 0 Å². The summed E-state index contributed by atoms with van der Waals surface area (Å²) in [7, 11) is 0. The number of fused-ring (bicyclic) bond motifs is 1. The molecule has 0 aliphatic carbocycles. The predicted molar refractivity (Wildman–Crippen MR) is 116 cm³/mol. The van der Waals surface area contributed by atoms with Gasteiger partial charge in [-0.1, -0.05) is 53.5 Å². The van der Waals surface area contributed by atoms with Crippen LogP contribution in [-0.4, -0.2) is 11.0 Å². The first kappa shape index (κ1) is 20.1. The molecule has 1 heterocycles. The summed E-state index contributed by atoms with van der Waals surface area (Å²) in [6.45, 7) is 0. The number of urea groups is 1. The SMILES string of the molecule is O=C(Nc1ccc(F)cc1F)Nc1cnc2c(Cl)cccc2c1-c1ccccc1Cl. The summed E-state index contributed by atoms with van der Waals surface area (Å²) in [6, 6.07) is 14.6. The van der Waals surface area contributed by atoms with E-state index in [1.54, 1.807) is 30.3 Å². The average Bonchev–Trinajstić information content (AvgIpc) is 2.71. The Morgan fingerprint density at radius 3 is 2.37 bits per heavy atom. The van der Waals surface area contributed by atoms with Crippen molar-refractivity contribution in [3.05, 3.63) is 88.5 Å². The molecule has 2 N–H and O–H groups in total. The molecule has 150 valence electrons. The Kier molecular flexibility index (Phi) is 5.53. The van der Waals surface area contributed by atoms with Gasteiger partial charge in [0.1, 0.15) is 11.6 Å². The number of aromatic nitrogens is 1. The molecule has 0 saturated carbocycles. The Balaban J connectivity index is 1.78. The van der Waals surface area contributed by atoms with E-state index in [1.165, 1.54) is 6.20 Å². The van der Waals surface area contributed by atoms with Gasteiger partial charge in [0.15, 0.2) is 0 Å². The van der Waals surface area contributed by atoms with Crippen molar-refractivity contribution >= 4 is 51.5 Å². The summed E-state index contributed by atoms with van der Waals surface area (Å²) < 4.78 is 27.0. The van der Waals surface area contributed by atoms with Crippen LogP contribution < -0.4 is 10.6 Å². The number of halogens is 4. The van der Waals surface area contributed by atoms with Gasteiger partial charge in [-0.05, 0) is 24.3 Å². The highest BCUT2D eigenvalue weighted by molar-refractivity contribution is 6.36. The highest BCUT2D eigenvalue weighted by atomic mass is 35.5. The molecule has 4 nitrogen and oxygen atoms in total. The van der Waals surface area contributed by atoms with Crippen LogP contribution >= 0.6 is 23.2 Å². The van der Waals surface area contributed by atoms with E-state index in [2.05, 4.69) is 15.6 Å². The maximum absolute atomic E-state index is 13.9. The lowest BCUT2D eigenvalue weighted by atomic mass is 9.99. The number of hydrogen-bond donors (Lipinski definition) is 2. The van der Waals surface area contributed by atoms with Crippen molar-refractivity contribution in [3.63, 3.8) is 0 Å². The summed E-state index contributed by atoms with van der Waals surface area (Å²) in [5.41, 5.74) is 2.01. The molecule has 4 aromatic rings. The van der Waals surface area contributed by atoms with Gasteiger partial charge in [-0.2, -0.15) is 0 Å². The Morgan fingerprint density at radius 1 is 0.867 bits per heavy atom. The number of hydrogen-bond acceptors (Lipinski definition) is 2. The van der Waals surface area contributed by atoms with E-state index in [9.17, 15) is 13.6 Å². The highest BCUT2D eigenvalue weighted by Gasteiger charge is 2.17. The van der Waals surface area contributed by atoms with Gasteiger partial charge in [0, 0.05) is 27.6 Å².